The Morgan fingerprint density at radius 1 is 1.25 bits per heavy atom. The van der Waals surface area contributed by atoms with Crippen molar-refractivity contribution in [3.05, 3.63) is 39.0 Å². The maximum absolute atomic E-state index is 6.26. The third kappa shape index (κ3) is 2.96. The van der Waals surface area contributed by atoms with Crippen molar-refractivity contribution in [3.8, 4) is 11.4 Å². The first-order chi connectivity index (χ1) is 9.43. The zero-order chi connectivity index (χ0) is 14.9. The van der Waals surface area contributed by atoms with Gasteiger partial charge in [0, 0.05) is 28.3 Å². The molecule has 3 nitrogen and oxygen atoms in total. The number of rotatable bonds is 3. The van der Waals surface area contributed by atoms with Crippen LogP contribution in [0.2, 0.25) is 5.02 Å². The van der Waals surface area contributed by atoms with Crippen molar-refractivity contribution in [2.45, 2.75) is 26.7 Å². The minimum atomic E-state index is 0.365. The van der Waals surface area contributed by atoms with Crippen molar-refractivity contribution in [2.24, 2.45) is 0 Å². The van der Waals surface area contributed by atoms with E-state index in [-0.39, 0.29) is 0 Å². The molecule has 2 rings (SSSR count). The fourth-order valence-electron chi connectivity index (χ4n) is 2.25. The van der Waals surface area contributed by atoms with E-state index in [1.54, 1.807) is 0 Å². The van der Waals surface area contributed by atoms with Crippen molar-refractivity contribution in [1.82, 2.24) is 9.97 Å². The molecule has 0 fully saturated rings. The molecule has 0 spiro atoms. The number of anilines is 1. The van der Waals surface area contributed by atoms with Gasteiger partial charge in [-0.15, -0.1) is 0 Å². The molecule has 0 radical (unpaired) electrons. The predicted molar refractivity (Wildman–Crippen MR) is 88.6 cm³/mol. The molecule has 1 aromatic carbocycles. The summed E-state index contributed by atoms with van der Waals surface area (Å²) in [6, 6.07) is 5.68. The second kappa shape index (κ2) is 6.10. The highest BCUT2D eigenvalue weighted by molar-refractivity contribution is 9.10. The van der Waals surface area contributed by atoms with Gasteiger partial charge in [0.2, 0.25) is 0 Å². The van der Waals surface area contributed by atoms with E-state index in [0.717, 1.165) is 27.1 Å². The molecule has 20 heavy (non-hydrogen) atoms. The standard InChI is InChI=1S/C15H17BrClN3/c1-8(2)13-9(3)19-14(20-15(13)18-4)11-7-10(16)5-6-12(11)17/h5-8H,1-4H3,(H,18,19,20). The van der Waals surface area contributed by atoms with Gasteiger partial charge < -0.3 is 5.32 Å². The lowest BCUT2D eigenvalue weighted by molar-refractivity contribution is 0.833. The third-order valence-corrected chi connectivity index (χ3v) is 3.94. The van der Waals surface area contributed by atoms with E-state index in [4.69, 9.17) is 11.6 Å². The highest BCUT2D eigenvalue weighted by atomic mass is 79.9. The molecule has 1 heterocycles. The summed E-state index contributed by atoms with van der Waals surface area (Å²) in [5, 5.41) is 3.80. The lowest BCUT2D eigenvalue weighted by atomic mass is 10.0. The maximum atomic E-state index is 6.26. The normalized spacial score (nSPS) is 10.9. The molecular formula is C15H17BrClN3. The monoisotopic (exact) mass is 353 g/mol. The number of nitrogens with one attached hydrogen (secondary N) is 1. The Morgan fingerprint density at radius 2 is 1.95 bits per heavy atom. The number of nitrogens with zero attached hydrogens (tertiary/aromatic N) is 2. The van der Waals surface area contributed by atoms with Gasteiger partial charge in [-0.2, -0.15) is 0 Å². The minimum Gasteiger partial charge on any atom is -0.373 e. The highest BCUT2D eigenvalue weighted by Gasteiger charge is 2.16. The number of halogens is 2. The topological polar surface area (TPSA) is 37.8 Å². The lowest BCUT2D eigenvalue weighted by Gasteiger charge is -2.16. The Labute approximate surface area is 132 Å². The van der Waals surface area contributed by atoms with Crippen molar-refractivity contribution in [1.29, 1.82) is 0 Å². The lowest BCUT2D eigenvalue weighted by Crippen LogP contribution is -2.07. The summed E-state index contributed by atoms with van der Waals surface area (Å²) in [5.41, 5.74) is 2.95. The SMILES string of the molecule is CNc1nc(-c2cc(Br)ccc2Cl)nc(C)c1C(C)C. The van der Waals surface area contributed by atoms with Gasteiger partial charge in [0.1, 0.15) is 5.82 Å². The Balaban J connectivity index is 2.64. The smallest absolute Gasteiger partial charge is 0.163 e. The van der Waals surface area contributed by atoms with Gasteiger partial charge in [0.15, 0.2) is 5.82 Å². The van der Waals surface area contributed by atoms with Gasteiger partial charge in [0.05, 0.1) is 5.02 Å². The molecule has 0 unspecified atom stereocenters. The molecule has 1 aromatic heterocycles. The molecule has 1 N–H and O–H groups in total. The van der Waals surface area contributed by atoms with Crippen molar-refractivity contribution in [2.75, 3.05) is 12.4 Å². The molecule has 0 amide bonds. The summed E-state index contributed by atoms with van der Waals surface area (Å²) in [6.45, 7) is 6.28. The summed E-state index contributed by atoms with van der Waals surface area (Å²) >= 11 is 9.72. The zero-order valence-corrected chi connectivity index (χ0v) is 14.3. The van der Waals surface area contributed by atoms with E-state index >= 15 is 0 Å². The third-order valence-electron chi connectivity index (χ3n) is 3.12. The molecule has 106 valence electrons. The first kappa shape index (κ1) is 15.3. The van der Waals surface area contributed by atoms with E-state index in [1.807, 2.05) is 32.2 Å². The number of aryl methyl sites for hydroxylation is 1. The van der Waals surface area contributed by atoms with E-state index in [1.165, 1.54) is 0 Å². The van der Waals surface area contributed by atoms with Crippen LogP contribution in [0.4, 0.5) is 5.82 Å². The maximum Gasteiger partial charge on any atom is 0.163 e. The van der Waals surface area contributed by atoms with Crippen LogP contribution in [-0.2, 0) is 0 Å². The second-order valence-electron chi connectivity index (χ2n) is 4.92. The molecule has 0 aliphatic heterocycles. The van der Waals surface area contributed by atoms with E-state index in [2.05, 4.69) is 45.1 Å². The average Bonchev–Trinajstić information content (AvgIpc) is 2.40. The van der Waals surface area contributed by atoms with E-state index in [9.17, 15) is 0 Å². The fraction of sp³-hybridized carbons (Fsp3) is 0.333. The molecule has 0 saturated heterocycles. The van der Waals surface area contributed by atoms with Crippen molar-refractivity contribution >= 4 is 33.3 Å². The summed E-state index contributed by atoms with van der Waals surface area (Å²) in [4.78, 5) is 9.24. The largest absolute Gasteiger partial charge is 0.373 e. The van der Waals surface area contributed by atoms with E-state index in [0.29, 0.717) is 16.8 Å². The Kier molecular flexibility index (Phi) is 4.66. The van der Waals surface area contributed by atoms with Crippen LogP contribution >= 0.6 is 27.5 Å². The van der Waals surface area contributed by atoms with Crippen LogP contribution in [-0.4, -0.2) is 17.0 Å². The predicted octanol–water partition coefficient (Wildman–Crippen LogP) is 5.03. The van der Waals surface area contributed by atoms with Gasteiger partial charge in [-0.25, -0.2) is 9.97 Å². The Bertz CT molecular complexity index is 641. The quantitative estimate of drug-likeness (QED) is 0.839. The van der Waals surface area contributed by atoms with Crippen LogP contribution < -0.4 is 5.32 Å². The first-order valence-corrected chi connectivity index (χ1v) is 7.62. The van der Waals surface area contributed by atoms with E-state index < -0.39 is 0 Å². The van der Waals surface area contributed by atoms with Crippen LogP contribution in [0.5, 0.6) is 0 Å². The molecule has 0 bridgehead atoms. The van der Waals surface area contributed by atoms with Gasteiger partial charge in [0.25, 0.3) is 0 Å². The minimum absolute atomic E-state index is 0.365. The average molecular weight is 355 g/mol. The zero-order valence-electron chi connectivity index (χ0n) is 12.0. The second-order valence-corrected chi connectivity index (χ2v) is 6.25. The molecule has 2 aromatic rings. The van der Waals surface area contributed by atoms with Crippen LogP contribution in [0, 0.1) is 6.92 Å². The molecular weight excluding hydrogens is 338 g/mol. The Hall–Kier alpha value is -1.13. The Morgan fingerprint density at radius 3 is 2.55 bits per heavy atom. The molecule has 5 heteroatoms. The molecule has 0 aliphatic rings. The highest BCUT2D eigenvalue weighted by Crippen LogP contribution is 2.32. The van der Waals surface area contributed by atoms with Crippen LogP contribution in [0.15, 0.2) is 22.7 Å². The number of aromatic nitrogens is 2. The summed E-state index contributed by atoms with van der Waals surface area (Å²) in [7, 11) is 1.87. The first-order valence-electron chi connectivity index (χ1n) is 6.45. The molecule has 0 aliphatic carbocycles. The fourth-order valence-corrected chi connectivity index (χ4v) is 2.82. The van der Waals surface area contributed by atoms with Gasteiger partial charge in [-0.3, -0.25) is 0 Å². The number of benzene rings is 1. The van der Waals surface area contributed by atoms with Gasteiger partial charge in [-0.05, 0) is 31.0 Å². The number of hydrogen-bond acceptors (Lipinski definition) is 3. The van der Waals surface area contributed by atoms with Gasteiger partial charge in [-0.1, -0.05) is 41.4 Å². The van der Waals surface area contributed by atoms with Crippen molar-refractivity contribution in [3.63, 3.8) is 0 Å². The summed E-state index contributed by atoms with van der Waals surface area (Å²) in [6.07, 6.45) is 0. The van der Waals surface area contributed by atoms with Gasteiger partial charge >= 0.3 is 0 Å². The molecule has 0 atom stereocenters. The van der Waals surface area contributed by atoms with Crippen LogP contribution in [0.3, 0.4) is 0 Å². The van der Waals surface area contributed by atoms with Crippen LogP contribution in [0.25, 0.3) is 11.4 Å². The molecule has 0 saturated carbocycles. The van der Waals surface area contributed by atoms with Crippen LogP contribution in [0.1, 0.15) is 31.0 Å². The summed E-state index contributed by atoms with van der Waals surface area (Å²) < 4.78 is 0.956. The summed E-state index contributed by atoms with van der Waals surface area (Å²) in [5.74, 6) is 1.87. The number of hydrogen-bond donors (Lipinski definition) is 1. The van der Waals surface area contributed by atoms with Crippen molar-refractivity contribution < 1.29 is 0 Å².